The third kappa shape index (κ3) is 2.38. The quantitative estimate of drug-likeness (QED) is 0.649. The number of hydrogen-bond donors (Lipinski definition) is 0. The van der Waals surface area contributed by atoms with Crippen LogP contribution in [0, 0.1) is 11.3 Å². The molecule has 1 aliphatic heterocycles. The molecule has 1 fully saturated rings. The predicted molar refractivity (Wildman–Crippen MR) is 61.6 cm³/mol. The number of benzene rings is 1. The molecule has 2 rings (SSSR count). The van der Waals surface area contributed by atoms with Crippen molar-refractivity contribution in [1.29, 1.82) is 5.26 Å². The van der Waals surface area contributed by atoms with Gasteiger partial charge in [0, 0.05) is 24.9 Å². The first-order valence-electron chi connectivity index (χ1n) is 5.27. The van der Waals surface area contributed by atoms with Gasteiger partial charge >= 0.3 is 0 Å². The van der Waals surface area contributed by atoms with Gasteiger partial charge in [-0.3, -0.25) is 0 Å². The molecule has 0 bridgehead atoms. The van der Waals surface area contributed by atoms with Crippen LogP contribution < -0.4 is 4.90 Å². The van der Waals surface area contributed by atoms with Crippen molar-refractivity contribution in [3.05, 3.63) is 42.0 Å². The van der Waals surface area contributed by atoms with Crippen LogP contribution in [0.15, 0.2) is 42.0 Å². The van der Waals surface area contributed by atoms with Gasteiger partial charge < -0.3 is 4.90 Å². The second kappa shape index (κ2) is 4.65. The smallest absolute Gasteiger partial charge is 0.0911 e. The summed E-state index contributed by atoms with van der Waals surface area (Å²) in [6, 6.07) is 12.6. The van der Waals surface area contributed by atoms with Crippen molar-refractivity contribution in [1.82, 2.24) is 0 Å². The molecule has 1 saturated heterocycles. The van der Waals surface area contributed by atoms with Crippen LogP contribution in [0.2, 0.25) is 0 Å². The zero-order valence-corrected chi connectivity index (χ0v) is 8.69. The van der Waals surface area contributed by atoms with Crippen molar-refractivity contribution in [2.45, 2.75) is 12.8 Å². The molecule has 1 aromatic rings. The van der Waals surface area contributed by atoms with Crippen molar-refractivity contribution in [3.63, 3.8) is 0 Å². The van der Waals surface area contributed by atoms with Gasteiger partial charge in [-0.05, 0) is 25.0 Å². The molecule has 0 saturated carbocycles. The molecule has 0 amide bonds. The van der Waals surface area contributed by atoms with E-state index in [0.717, 1.165) is 25.9 Å². The van der Waals surface area contributed by atoms with E-state index in [1.165, 1.54) is 11.3 Å². The first-order chi connectivity index (χ1) is 7.40. The fraction of sp³-hybridized carbons (Fsp3) is 0.308. The van der Waals surface area contributed by atoms with Crippen molar-refractivity contribution < 1.29 is 0 Å². The molecule has 2 heteroatoms. The monoisotopic (exact) mass is 198 g/mol. The summed E-state index contributed by atoms with van der Waals surface area (Å²) in [5.74, 6) is 0. The molecular weight excluding hydrogens is 184 g/mol. The van der Waals surface area contributed by atoms with Crippen LogP contribution in [0.1, 0.15) is 12.8 Å². The molecule has 0 spiro atoms. The molecule has 1 aliphatic rings. The fourth-order valence-electron chi connectivity index (χ4n) is 1.93. The average molecular weight is 198 g/mol. The largest absolute Gasteiger partial charge is 0.371 e. The number of rotatable bonds is 1. The molecule has 15 heavy (non-hydrogen) atoms. The first-order valence-corrected chi connectivity index (χ1v) is 5.27. The van der Waals surface area contributed by atoms with Gasteiger partial charge in [-0.15, -0.1) is 0 Å². The number of hydrogen-bond acceptors (Lipinski definition) is 2. The minimum Gasteiger partial charge on any atom is -0.371 e. The Labute approximate surface area is 90.4 Å². The van der Waals surface area contributed by atoms with Gasteiger partial charge in [0.2, 0.25) is 0 Å². The molecule has 76 valence electrons. The summed E-state index contributed by atoms with van der Waals surface area (Å²) in [6.07, 6.45) is 3.73. The summed E-state index contributed by atoms with van der Waals surface area (Å²) in [6.45, 7) is 2.05. The van der Waals surface area contributed by atoms with Gasteiger partial charge in [0.1, 0.15) is 0 Å². The summed E-state index contributed by atoms with van der Waals surface area (Å²) in [5.41, 5.74) is 2.57. The minimum absolute atomic E-state index is 1.02. The number of nitriles is 1. The highest BCUT2D eigenvalue weighted by Crippen LogP contribution is 2.21. The number of allylic oxidation sites excluding steroid dienone is 1. The molecule has 0 aliphatic carbocycles. The molecule has 0 aromatic heterocycles. The molecule has 0 unspecified atom stereocenters. The minimum atomic E-state index is 1.02. The van der Waals surface area contributed by atoms with Crippen LogP contribution in [0.25, 0.3) is 0 Å². The number of piperidine rings is 1. The Morgan fingerprint density at radius 2 is 1.80 bits per heavy atom. The normalized spacial score (nSPS) is 15.9. The average Bonchev–Trinajstić information content (AvgIpc) is 2.32. The highest BCUT2D eigenvalue weighted by Gasteiger charge is 2.13. The van der Waals surface area contributed by atoms with E-state index in [4.69, 9.17) is 5.26 Å². The second-order valence-corrected chi connectivity index (χ2v) is 3.75. The Kier molecular flexibility index (Phi) is 3.04. The third-order valence-electron chi connectivity index (χ3n) is 2.80. The number of para-hydroxylation sites is 1. The zero-order valence-electron chi connectivity index (χ0n) is 8.69. The number of nitrogens with zero attached hydrogens (tertiary/aromatic N) is 2. The highest BCUT2D eigenvalue weighted by molar-refractivity contribution is 5.47. The van der Waals surface area contributed by atoms with E-state index >= 15 is 0 Å². The van der Waals surface area contributed by atoms with Crippen LogP contribution >= 0.6 is 0 Å². The lowest BCUT2D eigenvalue weighted by Gasteiger charge is -2.30. The van der Waals surface area contributed by atoms with Crippen LogP contribution in [-0.2, 0) is 0 Å². The van der Waals surface area contributed by atoms with Crippen molar-refractivity contribution in [2.24, 2.45) is 0 Å². The van der Waals surface area contributed by atoms with E-state index in [0.29, 0.717) is 0 Å². The third-order valence-corrected chi connectivity index (χ3v) is 2.80. The summed E-state index contributed by atoms with van der Waals surface area (Å²) in [4.78, 5) is 2.37. The van der Waals surface area contributed by atoms with Gasteiger partial charge in [-0.25, -0.2) is 0 Å². The molecule has 0 radical (unpaired) electrons. The molecule has 2 nitrogen and oxygen atoms in total. The van der Waals surface area contributed by atoms with E-state index in [-0.39, 0.29) is 0 Å². The lowest BCUT2D eigenvalue weighted by molar-refractivity contribution is 0.685. The fourth-order valence-corrected chi connectivity index (χ4v) is 1.93. The predicted octanol–water partition coefficient (Wildman–Crippen LogP) is 2.74. The lowest BCUT2D eigenvalue weighted by atomic mass is 10.0. The number of anilines is 1. The molecule has 1 heterocycles. The van der Waals surface area contributed by atoms with Crippen LogP contribution in [0.4, 0.5) is 5.69 Å². The van der Waals surface area contributed by atoms with E-state index < -0.39 is 0 Å². The molecule has 1 aromatic carbocycles. The second-order valence-electron chi connectivity index (χ2n) is 3.75. The van der Waals surface area contributed by atoms with Crippen LogP contribution in [0.5, 0.6) is 0 Å². The van der Waals surface area contributed by atoms with E-state index in [1.807, 2.05) is 6.07 Å². The summed E-state index contributed by atoms with van der Waals surface area (Å²) in [7, 11) is 0. The Balaban J connectivity index is 2.01. The molecular formula is C13H14N2. The maximum absolute atomic E-state index is 8.56. The SMILES string of the molecule is N#CC=C1CCN(c2ccccc2)CC1. The standard InChI is InChI=1S/C13H14N2/c14-9-6-12-7-10-15(11-8-12)13-4-2-1-3-5-13/h1-6H,7-8,10-11H2. The van der Waals surface area contributed by atoms with Gasteiger partial charge in [0.25, 0.3) is 0 Å². The lowest BCUT2D eigenvalue weighted by Crippen LogP contribution is -2.30. The summed E-state index contributed by atoms with van der Waals surface area (Å²) >= 11 is 0. The maximum Gasteiger partial charge on any atom is 0.0911 e. The Morgan fingerprint density at radius 1 is 1.13 bits per heavy atom. The first kappa shape index (κ1) is 9.79. The van der Waals surface area contributed by atoms with Crippen molar-refractivity contribution >= 4 is 5.69 Å². The highest BCUT2D eigenvalue weighted by atomic mass is 15.1. The van der Waals surface area contributed by atoms with Crippen LogP contribution in [-0.4, -0.2) is 13.1 Å². The Bertz CT molecular complexity index is 377. The van der Waals surface area contributed by atoms with Crippen LogP contribution in [0.3, 0.4) is 0 Å². The Morgan fingerprint density at radius 3 is 2.40 bits per heavy atom. The van der Waals surface area contributed by atoms with Crippen molar-refractivity contribution in [2.75, 3.05) is 18.0 Å². The van der Waals surface area contributed by atoms with Gasteiger partial charge in [-0.1, -0.05) is 23.8 Å². The van der Waals surface area contributed by atoms with Gasteiger partial charge in [0.15, 0.2) is 0 Å². The van der Waals surface area contributed by atoms with Crippen molar-refractivity contribution in [3.8, 4) is 6.07 Å². The zero-order chi connectivity index (χ0) is 10.5. The van der Waals surface area contributed by atoms with Gasteiger partial charge in [-0.2, -0.15) is 5.26 Å². The van der Waals surface area contributed by atoms with E-state index in [2.05, 4.69) is 35.2 Å². The molecule has 0 atom stereocenters. The topological polar surface area (TPSA) is 27.0 Å². The van der Waals surface area contributed by atoms with E-state index in [9.17, 15) is 0 Å². The molecule has 0 N–H and O–H groups in total. The Hall–Kier alpha value is -1.75. The summed E-state index contributed by atoms with van der Waals surface area (Å²) < 4.78 is 0. The van der Waals surface area contributed by atoms with Gasteiger partial charge in [0.05, 0.1) is 6.07 Å². The summed E-state index contributed by atoms with van der Waals surface area (Å²) in [5, 5.41) is 8.56. The maximum atomic E-state index is 8.56. The van der Waals surface area contributed by atoms with E-state index in [1.54, 1.807) is 6.08 Å².